The molecule has 0 bridgehead atoms. The molecule has 0 spiro atoms. The van der Waals surface area contributed by atoms with Gasteiger partial charge in [-0.05, 0) is 31.0 Å². The van der Waals surface area contributed by atoms with Gasteiger partial charge in [-0.1, -0.05) is 24.4 Å². The number of hydrogen-bond acceptors (Lipinski definition) is 4. The Morgan fingerprint density at radius 1 is 1.35 bits per heavy atom. The summed E-state index contributed by atoms with van der Waals surface area (Å²) in [7, 11) is 0. The van der Waals surface area contributed by atoms with Crippen LogP contribution in [0.1, 0.15) is 36.0 Å². The second-order valence-corrected chi connectivity index (χ2v) is 5.27. The predicted octanol–water partition coefficient (Wildman–Crippen LogP) is 2.14. The molecule has 1 saturated carbocycles. The maximum Gasteiger partial charge on any atom is 0.338 e. The Morgan fingerprint density at radius 2 is 2.05 bits per heavy atom. The Morgan fingerprint density at radius 3 is 2.70 bits per heavy atom. The summed E-state index contributed by atoms with van der Waals surface area (Å²) in [6, 6.07) is 4.68. The number of carbonyl (C=O) groups excluding carboxylic acids is 2. The number of hydrogen-bond donors (Lipinski definition) is 2. The van der Waals surface area contributed by atoms with Crippen LogP contribution in [0, 0.1) is 0 Å². The average molecular weight is 297 g/mol. The van der Waals surface area contributed by atoms with E-state index in [9.17, 15) is 9.59 Å². The van der Waals surface area contributed by atoms with E-state index in [1.807, 2.05) is 0 Å². The van der Waals surface area contributed by atoms with Gasteiger partial charge in [0.25, 0.3) is 5.91 Å². The fraction of sp³-hybridized carbons (Fsp3) is 0.429. The van der Waals surface area contributed by atoms with Crippen molar-refractivity contribution in [2.24, 2.45) is 0 Å². The van der Waals surface area contributed by atoms with E-state index in [-0.39, 0.29) is 29.1 Å². The molecule has 1 aromatic rings. The van der Waals surface area contributed by atoms with Crippen LogP contribution in [0.15, 0.2) is 18.2 Å². The number of carbonyl (C=O) groups is 2. The summed E-state index contributed by atoms with van der Waals surface area (Å²) in [6.07, 6.45) is 4.25. The van der Waals surface area contributed by atoms with E-state index in [4.69, 9.17) is 22.1 Å². The quantitative estimate of drug-likeness (QED) is 0.659. The van der Waals surface area contributed by atoms with Gasteiger partial charge >= 0.3 is 5.97 Å². The van der Waals surface area contributed by atoms with Gasteiger partial charge < -0.3 is 15.8 Å². The Balaban J connectivity index is 1.81. The van der Waals surface area contributed by atoms with Crippen molar-refractivity contribution < 1.29 is 14.3 Å². The minimum Gasteiger partial charge on any atom is -0.452 e. The zero-order valence-corrected chi connectivity index (χ0v) is 11.8. The highest BCUT2D eigenvalue weighted by molar-refractivity contribution is 6.33. The van der Waals surface area contributed by atoms with Crippen molar-refractivity contribution in [2.45, 2.75) is 31.7 Å². The van der Waals surface area contributed by atoms with E-state index in [0.717, 1.165) is 25.7 Å². The molecular weight excluding hydrogens is 280 g/mol. The van der Waals surface area contributed by atoms with Crippen LogP contribution in [0.25, 0.3) is 0 Å². The molecule has 20 heavy (non-hydrogen) atoms. The second-order valence-electron chi connectivity index (χ2n) is 4.86. The van der Waals surface area contributed by atoms with Crippen molar-refractivity contribution in [1.29, 1.82) is 0 Å². The molecule has 0 aromatic heterocycles. The zero-order valence-electron chi connectivity index (χ0n) is 11.0. The van der Waals surface area contributed by atoms with Crippen LogP contribution in [-0.4, -0.2) is 24.5 Å². The summed E-state index contributed by atoms with van der Waals surface area (Å²) < 4.78 is 4.94. The molecular formula is C14H17ClN2O3. The lowest BCUT2D eigenvalue weighted by Gasteiger charge is -2.12. The third kappa shape index (κ3) is 3.87. The molecule has 0 atom stereocenters. The molecule has 1 amide bonds. The highest BCUT2D eigenvalue weighted by Crippen LogP contribution is 2.20. The van der Waals surface area contributed by atoms with Gasteiger partial charge in [-0.3, -0.25) is 4.79 Å². The normalized spacial score (nSPS) is 15.1. The fourth-order valence-electron chi connectivity index (χ4n) is 2.21. The maximum atomic E-state index is 11.7. The molecule has 1 aliphatic rings. The van der Waals surface area contributed by atoms with Gasteiger partial charge in [0.15, 0.2) is 6.61 Å². The molecule has 6 heteroatoms. The maximum absolute atomic E-state index is 11.7. The molecule has 1 aromatic carbocycles. The summed E-state index contributed by atoms with van der Waals surface area (Å²) in [5.41, 5.74) is 6.22. The van der Waals surface area contributed by atoms with Crippen molar-refractivity contribution >= 4 is 29.2 Å². The smallest absolute Gasteiger partial charge is 0.338 e. The van der Waals surface area contributed by atoms with E-state index in [1.165, 1.54) is 18.2 Å². The standard InChI is InChI=1S/C14H17ClN2O3/c15-11-7-9(5-6-12(11)16)14(19)20-8-13(18)17-10-3-1-2-4-10/h5-7,10H,1-4,8,16H2,(H,17,18). The van der Waals surface area contributed by atoms with Crippen LogP contribution < -0.4 is 11.1 Å². The number of nitrogen functional groups attached to an aromatic ring is 1. The number of ether oxygens (including phenoxy) is 1. The number of esters is 1. The first-order valence-corrected chi connectivity index (χ1v) is 6.95. The summed E-state index contributed by atoms with van der Waals surface area (Å²) in [5.74, 6) is -0.861. The summed E-state index contributed by atoms with van der Waals surface area (Å²) in [5, 5.41) is 3.13. The first kappa shape index (κ1) is 14.7. The Bertz CT molecular complexity index is 513. The topological polar surface area (TPSA) is 81.4 Å². The van der Waals surface area contributed by atoms with Crippen molar-refractivity contribution in [2.75, 3.05) is 12.3 Å². The predicted molar refractivity (Wildman–Crippen MR) is 76.5 cm³/mol. The minimum absolute atomic E-state index is 0.215. The molecule has 1 aliphatic carbocycles. The van der Waals surface area contributed by atoms with Crippen molar-refractivity contribution in [3.8, 4) is 0 Å². The fourth-order valence-corrected chi connectivity index (χ4v) is 2.39. The van der Waals surface area contributed by atoms with Gasteiger partial charge in [0.05, 0.1) is 16.3 Å². The molecule has 0 heterocycles. The van der Waals surface area contributed by atoms with E-state index in [2.05, 4.69) is 5.32 Å². The SMILES string of the molecule is Nc1ccc(C(=O)OCC(=O)NC2CCCC2)cc1Cl. The number of nitrogens with one attached hydrogen (secondary N) is 1. The van der Waals surface area contributed by atoms with E-state index in [0.29, 0.717) is 5.69 Å². The molecule has 2 rings (SSSR count). The first-order valence-electron chi connectivity index (χ1n) is 6.58. The van der Waals surface area contributed by atoms with Crippen LogP contribution in [0.3, 0.4) is 0 Å². The average Bonchev–Trinajstić information content (AvgIpc) is 2.92. The van der Waals surface area contributed by atoms with Crippen LogP contribution in [-0.2, 0) is 9.53 Å². The van der Waals surface area contributed by atoms with Crippen LogP contribution in [0.4, 0.5) is 5.69 Å². The van der Waals surface area contributed by atoms with Crippen molar-refractivity contribution in [3.63, 3.8) is 0 Å². The summed E-state index contributed by atoms with van der Waals surface area (Å²) >= 11 is 5.82. The Kier molecular flexibility index (Phi) is 4.84. The monoisotopic (exact) mass is 296 g/mol. The van der Waals surface area contributed by atoms with Crippen molar-refractivity contribution in [3.05, 3.63) is 28.8 Å². The number of rotatable bonds is 4. The number of benzene rings is 1. The summed E-state index contributed by atoms with van der Waals surface area (Å²) in [4.78, 5) is 23.4. The number of nitrogens with two attached hydrogens (primary N) is 1. The van der Waals surface area contributed by atoms with E-state index >= 15 is 0 Å². The molecule has 0 unspecified atom stereocenters. The van der Waals surface area contributed by atoms with E-state index < -0.39 is 5.97 Å². The number of anilines is 1. The van der Waals surface area contributed by atoms with Crippen LogP contribution in [0.2, 0.25) is 5.02 Å². The van der Waals surface area contributed by atoms with Crippen LogP contribution in [0.5, 0.6) is 0 Å². The molecule has 0 saturated heterocycles. The first-order chi connectivity index (χ1) is 9.56. The second kappa shape index (κ2) is 6.61. The molecule has 5 nitrogen and oxygen atoms in total. The van der Waals surface area contributed by atoms with Gasteiger partial charge in [0.2, 0.25) is 0 Å². The minimum atomic E-state index is -0.589. The number of halogens is 1. The van der Waals surface area contributed by atoms with Gasteiger partial charge in [0, 0.05) is 6.04 Å². The van der Waals surface area contributed by atoms with Crippen molar-refractivity contribution in [1.82, 2.24) is 5.32 Å². The third-order valence-corrected chi connectivity index (χ3v) is 3.62. The van der Waals surface area contributed by atoms with Gasteiger partial charge in [-0.2, -0.15) is 0 Å². The lowest BCUT2D eigenvalue weighted by Crippen LogP contribution is -2.35. The molecule has 0 aliphatic heterocycles. The van der Waals surface area contributed by atoms with Gasteiger partial charge in [-0.15, -0.1) is 0 Å². The summed E-state index contributed by atoms with van der Waals surface area (Å²) in [6.45, 7) is -0.280. The Hall–Kier alpha value is -1.75. The lowest BCUT2D eigenvalue weighted by molar-refractivity contribution is -0.124. The molecule has 3 N–H and O–H groups in total. The molecule has 108 valence electrons. The van der Waals surface area contributed by atoms with Gasteiger partial charge in [0.1, 0.15) is 0 Å². The highest BCUT2D eigenvalue weighted by Gasteiger charge is 2.18. The number of amides is 1. The largest absolute Gasteiger partial charge is 0.452 e. The van der Waals surface area contributed by atoms with Crippen LogP contribution >= 0.6 is 11.6 Å². The third-order valence-electron chi connectivity index (χ3n) is 3.29. The Labute approximate surface area is 122 Å². The highest BCUT2D eigenvalue weighted by atomic mass is 35.5. The molecule has 0 radical (unpaired) electrons. The zero-order chi connectivity index (χ0) is 14.5. The van der Waals surface area contributed by atoms with E-state index in [1.54, 1.807) is 0 Å². The lowest BCUT2D eigenvalue weighted by atomic mass is 10.2. The van der Waals surface area contributed by atoms with Gasteiger partial charge in [-0.25, -0.2) is 4.79 Å². The molecule has 1 fully saturated rings.